The molecule has 0 fully saturated rings. The van der Waals surface area contributed by atoms with Crippen molar-refractivity contribution in [3.8, 4) is 22.8 Å². The van der Waals surface area contributed by atoms with E-state index in [1.165, 1.54) is 0 Å². The van der Waals surface area contributed by atoms with Crippen LogP contribution in [0.4, 0.5) is 5.69 Å². The minimum absolute atomic E-state index is 0.447. The van der Waals surface area contributed by atoms with Crippen LogP contribution >= 0.6 is 11.6 Å². The van der Waals surface area contributed by atoms with Crippen molar-refractivity contribution >= 4 is 17.3 Å². The number of hydrogen-bond acceptors (Lipinski definition) is 4. The largest absolute Gasteiger partial charge is 0.456 e. The number of anilines is 1. The van der Waals surface area contributed by atoms with Crippen molar-refractivity contribution in [1.29, 1.82) is 0 Å². The van der Waals surface area contributed by atoms with Crippen LogP contribution in [-0.4, -0.2) is 14.8 Å². The Bertz CT molecular complexity index is 768. The topological polar surface area (TPSA) is 66.0 Å². The average molecular weight is 301 g/mol. The third kappa shape index (κ3) is 2.83. The van der Waals surface area contributed by atoms with Gasteiger partial charge in [0.05, 0.1) is 11.9 Å². The first-order chi connectivity index (χ1) is 10.1. The van der Waals surface area contributed by atoms with E-state index in [0.717, 1.165) is 5.56 Å². The van der Waals surface area contributed by atoms with Crippen LogP contribution in [0.15, 0.2) is 48.9 Å². The second-order valence-corrected chi connectivity index (χ2v) is 4.92. The third-order valence-electron chi connectivity index (χ3n) is 2.94. The van der Waals surface area contributed by atoms with Gasteiger partial charge < -0.3 is 10.5 Å². The van der Waals surface area contributed by atoms with Crippen LogP contribution in [-0.2, 0) is 7.05 Å². The van der Waals surface area contributed by atoms with Crippen molar-refractivity contribution in [1.82, 2.24) is 14.8 Å². The maximum atomic E-state index is 6.38. The Labute approximate surface area is 126 Å². The Morgan fingerprint density at radius 2 is 1.95 bits per heavy atom. The SMILES string of the molecule is Cn1cc(-c2nccc(Oc3ccc(N)cc3)c2Cl)cn1. The van der Waals surface area contributed by atoms with Crippen molar-refractivity contribution in [3.63, 3.8) is 0 Å². The predicted octanol–water partition coefficient (Wildman–Crippen LogP) is 3.51. The number of pyridine rings is 1. The summed E-state index contributed by atoms with van der Waals surface area (Å²) in [6.45, 7) is 0. The molecule has 6 heteroatoms. The van der Waals surface area contributed by atoms with Gasteiger partial charge in [0.25, 0.3) is 0 Å². The van der Waals surface area contributed by atoms with E-state index in [4.69, 9.17) is 22.1 Å². The van der Waals surface area contributed by atoms with Crippen LogP contribution in [0, 0.1) is 0 Å². The van der Waals surface area contributed by atoms with Crippen LogP contribution in [0.1, 0.15) is 0 Å². The van der Waals surface area contributed by atoms with Gasteiger partial charge in [-0.2, -0.15) is 5.10 Å². The lowest BCUT2D eigenvalue weighted by atomic mass is 10.2. The molecule has 2 heterocycles. The number of benzene rings is 1. The molecule has 0 atom stereocenters. The van der Waals surface area contributed by atoms with Gasteiger partial charge in [0.15, 0.2) is 0 Å². The van der Waals surface area contributed by atoms with Gasteiger partial charge in [-0.25, -0.2) is 0 Å². The Morgan fingerprint density at radius 1 is 1.19 bits per heavy atom. The lowest BCUT2D eigenvalue weighted by Crippen LogP contribution is -1.91. The van der Waals surface area contributed by atoms with E-state index in [9.17, 15) is 0 Å². The second kappa shape index (κ2) is 5.46. The van der Waals surface area contributed by atoms with Gasteiger partial charge in [-0.05, 0) is 24.3 Å². The molecule has 0 aliphatic heterocycles. The standard InChI is InChI=1S/C15H13ClN4O/c1-20-9-10(8-19-20)15-14(16)13(6-7-18-15)21-12-4-2-11(17)3-5-12/h2-9H,17H2,1H3. The second-order valence-electron chi connectivity index (χ2n) is 4.55. The van der Waals surface area contributed by atoms with E-state index < -0.39 is 0 Å². The van der Waals surface area contributed by atoms with Crippen LogP contribution in [0.3, 0.4) is 0 Å². The molecular formula is C15H13ClN4O. The zero-order valence-electron chi connectivity index (χ0n) is 11.3. The third-order valence-corrected chi connectivity index (χ3v) is 3.31. The summed E-state index contributed by atoms with van der Waals surface area (Å²) in [5.74, 6) is 1.20. The lowest BCUT2D eigenvalue weighted by molar-refractivity contribution is 0.482. The Balaban J connectivity index is 1.95. The molecule has 3 rings (SSSR count). The quantitative estimate of drug-likeness (QED) is 0.752. The van der Waals surface area contributed by atoms with Crippen LogP contribution < -0.4 is 10.5 Å². The molecule has 0 saturated heterocycles. The van der Waals surface area contributed by atoms with Crippen molar-refractivity contribution in [3.05, 3.63) is 53.9 Å². The summed E-state index contributed by atoms with van der Waals surface area (Å²) in [5, 5.41) is 4.57. The number of aryl methyl sites for hydroxylation is 1. The number of aromatic nitrogens is 3. The maximum Gasteiger partial charge on any atom is 0.149 e. The number of halogens is 1. The summed E-state index contributed by atoms with van der Waals surface area (Å²) >= 11 is 6.38. The number of hydrogen-bond donors (Lipinski definition) is 1. The first-order valence-corrected chi connectivity index (χ1v) is 6.68. The molecule has 2 N–H and O–H groups in total. The molecule has 3 aromatic rings. The van der Waals surface area contributed by atoms with Crippen molar-refractivity contribution in [2.24, 2.45) is 7.05 Å². The average Bonchev–Trinajstić information content (AvgIpc) is 2.90. The normalized spacial score (nSPS) is 10.6. The number of ether oxygens (including phenoxy) is 1. The van der Waals surface area contributed by atoms with E-state index in [1.807, 2.05) is 13.2 Å². The summed E-state index contributed by atoms with van der Waals surface area (Å²) < 4.78 is 7.47. The molecule has 106 valence electrons. The highest BCUT2D eigenvalue weighted by molar-refractivity contribution is 6.34. The highest BCUT2D eigenvalue weighted by Gasteiger charge is 2.12. The molecule has 0 unspecified atom stereocenters. The molecule has 0 aliphatic rings. The van der Waals surface area contributed by atoms with Crippen molar-refractivity contribution in [2.45, 2.75) is 0 Å². The molecule has 1 aromatic carbocycles. The first kappa shape index (κ1) is 13.5. The Hall–Kier alpha value is -2.53. The summed E-state index contributed by atoms with van der Waals surface area (Å²) in [5.41, 5.74) is 7.81. The number of nitrogen functional groups attached to an aromatic ring is 1. The highest BCUT2D eigenvalue weighted by atomic mass is 35.5. The minimum Gasteiger partial charge on any atom is -0.456 e. The fourth-order valence-corrected chi connectivity index (χ4v) is 2.17. The fourth-order valence-electron chi connectivity index (χ4n) is 1.91. The van der Waals surface area contributed by atoms with Crippen molar-refractivity contribution in [2.75, 3.05) is 5.73 Å². The van der Waals surface area contributed by atoms with Crippen LogP contribution in [0.25, 0.3) is 11.3 Å². The van der Waals surface area contributed by atoms with Gasteiger partial charge in [-0.3, -0.25) is 9.67 Å². The van der Waals surface area contributed by atoms with Gasteiger partial charge >= 0.3 is 0 Å². The zero-order valence-corrected chi connectivity index (χ0v) is 12.1. The summed E-state index contributed by atoms with van der Waals surface area (Å²) in [4.78, 5) is 4.29. The van der Waals surface area contributed by atoms with E-state index in [1.54, 1.807) is 47.4 Å². The van der Waals surface area contributed by atoms with Crippen LogP contribution in [0.2, 0.25) is 5.02 Å². The zero-order chi connectivity index (χ0) is 14.8. The maximum absolute atomic E-state index is 6.38. The summed E-state index contributed by atoms with van der Waals surface area (Å²) in [6.07, 6.45) is 5.21. The number of rotatable bonds is 3. The Morgan fingerprint density at radius 3 is 2.62 bits per heavy atom. The molecule has 0 saturated carbocycles. The molecular weight excluding hydrogens is 288 g/mol. The van der Waals surface area contributed by atoms with E-state index in [2.05, 4.69) is 10.1 Å². The molecule has 0 bridgehead atoms. The van der Waals surface area contributed by atoms with Gasteiger partial charge in [-0.15, -0.1) is 0 Å². The monoisotopic (exact) mass is 300 g/mol. The highest BCUT2D eigenvalue weighted by Crippen LogP contribution is 2.35. The molecule has 0 aliphatic carbocycles. The number of nitrogens with zero attached hydrogens (tertiary/aromatic N) is 3. The Kier molecular flexibility index (Phi) is 3.50. The van der Waals surface area contributed by atoms with Crippen molar-refractivity contribution < 1.29 is 4.74 Å². The molecule has 2 aromatic heterocycles. The lowest BCUT2D eigenvalue weighted by Gasteiger charge is -2.09. The van der Waals surface area contributed by atoms with Crippen LogP contribution in [0.5, 0.6) is 11.5 Å². The summed E-state index contributed by atoms with van der Waals surface area (Å²) in [7, 11) is 1.84. The predicted molar refractivity (Wildman–Crippen MR) is 82.4 cm³/mol. The van der Waals surface area contributed by atoms with Gasteiger partial charge in [0.1, 0.15) is 16.5 Å². The van der Waals surface area contributed by atoms with E-state index >= 15 is 0 Å². The van der Waals surface area contributed by atoms with E-state index in [-0.39, 0.29) is 0 Å². The summed E-state index contributed by atoms with van der Waals surface area (Å²) in [6, 6.07) is 8.84. The fraction of sp³-hybridized carbons (Fsp3) is 0.0667. The molecule has 0 amide bonds. The molecule has 5 nitrogen and oxygen atoms in total. The molecule has 0 spiro atoms. The minimum atomic E-state index is 0.447. The van der Waals surface area contributed by atoms with Gasteiger partial charge in [-0.1, -0.05) is 11.6 Å². The molecule has 21 heavy (non-hydrogen) atoms. The number of nitrogens with two attached hydrogens (primary N) is 1. The van der Waals surface area contributed by atoms with Gasteiger partial charge in [0, 0.05) is 36.8 Å². The van der Waals surface area contributed by atoms with E-state index in [0.29, 0.717) is 27.9 Å². The molecule has 0 radical (unpaired) electrons. The smallest absolute Gasteiger partial charge is 0.149 e. The van der Waals surface area contributed by atoms with Gasteiger partial charge in [0.2, 0.25) is 0 Å². The first-order valence-electron chi connectivity index (χ1n) is 6.30.